The predicted molar refractivity (Wildman–Crippen MR) is 40.3 cm³/mol. The fourth-order valence-electron chi connectivity index (χ4n) is 0.415. The molecule has 0 radical (unpaired) electrons. The normalized spacial score (nSPS) is 7.62. The molecule has 0 bridgehead atoms. The van der Waals surface area contributed by atoms with Crippen LogP contribution in [0.3, 0.4) is 0 Å². The summed E-state index contributed by atoms with van der Waals surface area (Å²) in [6.07, 6.45) is 0. The summed E-state index contributed by atoms with van der Waals surface area (Å²) in [6, 6.07) is 10.2. The summed E-state index contributed by atoms with van der Waals surface area (Å²) in [7, 11) is 0. The first-order chi connectivity index (χ1) is 3.39. The molecule has 1 rings (SSSR count). The Morgan fingerprint density at radius 2 is 1.62 bits per heavy atom. The molecule has 0 aliphatic rings. The van der Waals surface area contributed by atoms with Crippen LogP contribution in [0.25, 0.3) is 0 Å². The minimum atomic E-state index is 0. The Morgan fingerprint density at radius 1 is 1.12 bits per heavy atom. The molecule has 8 heavy (non-hydrogen) atoms. The molecular weight excluding hydrogens is 206 g/mol. The summed E-state index contributed by atoms with van der Waals surface area (Å²) in [5.41, 5.74) is 0. The van der Waals surface area contributed by atoms with Gasteiger partial charge in [-0.3, -0.25) is 0 Å². The van der Waals surface area contributed by atoms with Gasteiger partial charge in [0, 0.05) is 3.57 Å². The maximum Gasteiger partial charge on any atom is 1.00 e. The number of rotatable bonds is 0. The maximum atomic E-state index is 2.28. The number of hydrogen-bond acceptors (Lipinski definition) is 0. The third kappa shape index (κ3) is 2.76. The second-order valence-corrected chi connectivity index (χ2v) is 2.54. The molecule has 0 aliphatic heterocycles. The van der Waals surface area contributed by atoms with Crippen LogP contribution in [0.15, 0.2) is 30.3 Å². The molecule has 0 fully saturated rings. The van der Waals surface area contributed by atoms with E-state index < -0.39 is 0 Å². The molecule has 0 heterocycles. The molecule has 0 unspecified atom stereocenters. The Kier molecular flexibility index (Phi) is 4.73. The monoisotopic (exact) mass is 212 g/mol. The standard InChI is InChI=1S/C6H5I.Li.H/c7-6-4-2-1-3-5-6;;/h1-5H;;/q;+1;-1. The summed E-state index contributed by atoms with van der Waals surface area (Å²) < 4.78 is 1.29. The van der Waals surface area contributed by atoms with Crippen molar-refractivity contribution >= 4 is 22.6 Å². The Hall–Kier alpha value is 0.547. The van der Waals surface area contributed by atoms with Crippen LogP contribution >= 0.6 is 22.6 Å². The molecule has 0 aromatic heterocycles. The first-order valence-electron chi connectivity index (χ1n) is 2.10. The summed E-state index contributed by atoms with van der Waals surface area (Å²) in [5, 5.41) is 0. The largest absolute Gasteiger partial charge is 1.00 e. The minimum absolute atomic E-state index is 0. The van der Waals surface area contributed by atoms with Crippen molar-refractivity contribution in [3.63, 3.8) is 0 Å². The van der Waals surface area contributed by atoms with E-state index in [2.05, 4.69) is 34.7 Å². The van der Waals surface area contributed by atoms with E-state index in [1.54, 1.807) is 0 Å². The molecule has 2 heteroatoms. The summed E-state index contributed by atoms with van der Waals surface area (Å²) in [6.45, 7) is 0. The molecule has 0 N–H and O–H groups in total. The fraction of sp³-hybridized carbons (Fsp3) is 0. The van der Waals surface area contributed by atoms with Crippen LogP contribution in [0.2, 0.25) is 0 Å². The molecule has 38 valence electrons. The van der Waals surface area contributed by atoms with Crippen molar-refractivity contribution in [3.8, 4) is 0 Å². The molecule has 0 spiro atoms. The SMILES string of the molecule is Ic1ccccc1.[H-].[Li+]. The van der Waals surface area contributed by atoms with Crippen molar-refractivity contribution in [1.82, 2.24) is 0 Å². The molecule has 0 aliphatic carbocycles. The van der Waals surface area contributed by atoms with Crippen molar-refractivity contribution < 1.29 is 20.3 Å². The Labute approximate surface area is 76.5 Å². The molecule has 0 nitrogen and oxygen atoms in total. The van der Waals surface area contributed by atoms with Gasteiger partial charge in [0.15, 0.2) is 0 Å². The van der Waals surface area contributed by atoms with Gasteiger partial charge in [-0.1, -0.05) is 18.2 Å². The third-order valence-electron chi connectivity index (χ3n) is 0.733. The van der Waals surface area contributed by atoms with E-state index in [1.807, 2.05) is 18.2 Å². The quantitative estimate of drug-likeness (QED) is 0.398. The van der Waals surface area contributed by atoms with Gasteiger partial charge in [0.1, 0.15) is 0 Å². The van der Waals surface area contributed by atoms with Crippen LogP contribution in [-0.4, -0.2) is 0 Å². The van der Waals surface area contributed by atoms with Crippen molar-refractivity contribution in [2.45, 2.75) is 0 Å². The maximum absolute atomic E-state index is 2.28. The topological polar surface area (TPSA) is 0 Å². The fourth-order valence-corrected chi connectivity index (χ4v) is 0.830. The van der Waals surface area contributed by atoms with E-state index in [0.717, 1.165) is 0 Å². The molecule has 0 saturated carbocycles. The van der Waals surface area contributed by atoms with Gasteiger partial charge >= 0.3 is 18.9 Å². The first-order valence-corrected chi connectivity index (χ1v) is 3.18. The van der Waals surface area contributed by atoms with E-state index in [-0.39, 0.29) is 20.3 Å². The van der Waals surface area contributed by atoms with Gasteiger partial charge in [0.25, 0.3) is 0 Å². The smallest absolute Gasteiger partial charge is 1.00 e. The van der Waals surface area contributed by atoms with Crippen molar-refractivity contribution in [2.75, 3.05) is 0 Å². The van der Waals surface area contributed by atoms with Crippen LogP contribution in [0.1, 0.15) is 1.43 Å². The van der Waals surface area contributed by atoms with E-state index in [1.165, 1.54) is 3.57 Å². The van der Waals surface area contributed by atoms with Crippen LogP contribution in [0.4, 0.5) is 0 Å². The van der Waals surface area contributed by atoms with Gasteiger partial charge in [-0.05, 0) is 34.7 Å². The average molecular weight is 212 g/mol. The molecular formula is C6H6ILi. The average Bonchev–Trinajstić information content (AvgIpc) is 1.69. The summed E-state index contributed by atoms with van der Waals surface area (Å²) in [5.74, 6) is 0. The van der Waals surface area contributed by atoms with Crippen LogP contribution in [0, 0.1) is 3.57 Å². The van der Waals surface area contributed by atoms with Gasteiger partial charge in [0.05, 0.1) is 0 Å². The van der Waals surface area contributed by atoms with Crippen LogP contribution in [0.5, 0.6) is 0 Å². The van der Waals surface area contributed by atoms with Crippen molar-refractivity contribution in [2.24, 2.45) is 0 Å². The van der Waals surface area contributed by atoms with Crippen LogP contribution in [-0.2, 0) is 0 Å². The van der Waals surface area contributed by atoms with E-state index >= 15 is 0 Å². The Morgan fingerprint density at radius 3 is 1.88 bits per heavy atom. The van der Waals surface area contributed by atoms with Gasteiger partial charge in [-0.25, -0.2) is 0 Å². The van der Waals surface area contributed by atoms with E-state index in [4.69, 9.17) is 0 Å². The Bertz CT molecular complexity index is 143. The molecule has 0 atom stereocenters. The van der Waals surface area contributed by atoms with Gasteiger partial charge < -0.3 is 1.43 Å². The molecule has 1 aromatic carbocycles. The zero-order valence-corrected chi connectivity index (χ0v) is 6.92. The Balaban J connectivity index is 0. The summed E-state index contributed by atoms with van der Waals surface area (Å²) in [4.78, 5) is 0. The summed E-state index contributed by atoms with van der Waals surface area (Å²) >= 11 is 2.28. The minimum Gasteiger partial charge on any atom is -1.00 e. The predicted octanol–water partition coefficient (Wildman–Crippen LogP) is -0.592. The zero-order valence-electron chi connectivity index (χ0n) is 5.76. The van der Waals surface area contributed by atoms with E-state index in [9.17, 15) is 0 Å². The second-order valence-electron chi connectivity index (χ2n) is 1.30. The number of halogens is 1. The van der Waals surface area contributed by atoms with Crippen molar-refractivity contribution in [3.05, 3.63) is 33.9 Å². The molecule has 0 saturated heterocycles. The molecule has 0 amide bonds. The first kappa shape index (κ1) is 8.55. The third-order valence-corrected chi connectivity index (χ3v) is 1.45. The van der Waals surface area contributed by atoms with Gasteiger partial charge in [0.2, 0.25) is 0 Å². The van der Waals surface area contributed by atoms with Crippen molar-refractivity contribution in [1.29, 1.82) is 0 Å². The number of hydrogen-bond donors (Lipinski definition) is 0. The van der Waals surface area contributed by atoms with Crippen LogP contribution < -0.4 is 18.9 Å². The van der Waals surface area contributed by atoms with E-state index in [0.29, 0.717) is 0 Å². The molecule has 1 aromatic rings. The second kappa shape index (κ2) is 4.43. The number of benzene rings is 1. The zero-order chi connectivity index (χ0) is 5.11. The van der Waals surface area contributed by atoms with Gasteiger partial charge in [-0.2, -0.15) is 0 Å². The van der Waals surface area contributed by atoms with Gasteiger partial charge in [-0.15, -0.1) is 0 Å².